The van der Waals surface area contributed by atoms with Gasteiger partial charge in [0.2, 0.25) is 5.95 Å². The summed E-state index contributed by atoms with van der Waals surface area (Å²) in [6.07, 6.45) is 0.966. The van der Waals surface area contributed by atoms with Crippen LogP contribution < -0.4 is 26.6 Å². The first-order valence-corrected chi connectivity index (χ1v) is 10.4. The first kappa shape index (κ1) is 22.4. The normalized spacial score (nSPS) is 14.1. The predicted molar refractivity (Wildman–Crippen MR) is 122 cm³/mol. The van der Waals surface area contributed by atoms with Gasteiger partial charge in [-0.2, -0.15) is 4.98 Å². The van der Waals surface area contributed by atoms with Crippen LogP contribution in [0.3, 0.4) is 0 Å². The van der Waals surface area contributed by atoms with Crippen LogP contribution in [0, 0.1) is 11.6 Å². The number of likely N-dealkylation sites (N-methyl/N-ethyl adjacent to an activating group) is 1. The fourth-order valence-electron chi connectivity index (χ4n) is 3.34. The number of halogens is 2. The first-order chi connectivity index (χ1) is 16.0. The molecule has 1 amide bonds. The number of benzene rings is 2. The molecule has 1 fully saturated rings. The van der Waals surface area contributed by atoms with Crippen molar-refractivity contribution in [2.75, 3.05) is 48.9 Å². The number of nitrogens with zero attached hydrogens (tertiary/aromatic N) is 4. The summed E-state index contributed by atoms with van der Waals surface area (Å²) in [6.45, 7) is 3.26. The van der Waals surface area contributed by atoms with Crippen LogP contribution in [-0.2, 0) is 0 Å². The predicted octanol–water partition coefficient (Wildman–Crippen LogP) is 2.51. The minimum absolute atomic E-state index is 0.0573. The third-order valence-electron chi connectivity index (χ3n) is 5.18. The van der Waals surface area contributed by atoms with Crippen molar-refractivity contribution < 1.29 is 13.6 Å². The molecule has 11 heteroatoms. The second-order valence-corrected chi connectivity index (χ2v) is 7.54. The number of nitrogens with one attached hydrogen (secondary N) is 4. The summed E-state index contributed by atoms with van der Waals surface area (Å²) >= 11 is 0. The van der Waals surface area contributed by atoms with E-state index in [0.29, 0.717) is 16.9 Å². The van der Waals surface area contributed by atoms with Gasteiger partial charge in [0.05, 0.1) is 11.9 Å². The lowest BCUT2D eigenvalue weighted by Crippen LogP contribution is -2.44. The monoisotopic (exact) mass is 454 g/mol. The van der Waals surface area contributed by atoms with Crippen LogP contribution in [0.25, 0.3) is 0 Å². The van der Waals surface area contributed by atoms with Crippen LogP contribution in [0.1, 0.15) is 10.4 Å². The largest absolute Gasteiger partial charge is 0.367 e. The molecule has 0 bridgehead atoms. The van der Waals surface area contributed by atoms with Gasteiger partial charge >= 0.3 is 0 Å². The molecule has 0 radical (unpaired) electrons. The maximum absolute atomic E-state index is 14.7. The first-order valence-electron chi connectivity index (χ1n) is 10.4. The number of carbonyl (C=O) groups excluding carboxylic acids is 1. The smallest absolute Gasteiger partial charge is 0.266 e. The van der Waals surface area contributed by atoms with Gasteiger partial charge in [0.25, 0.3) is 5.91 Å². The standard InChI is InChI=1S/C22H24F2N8O/c1-31-9-11-32(12-10-31)19-8-7-16(13-17(19)23)26-22-25-14-18(24)20(27-22)28-30-29-21(33)15-5-3-2-4-6-15/h2-8,13-14,30H,9-12H2,1H3,(H,29,33)(H2,25,26,27,28). The Hall–Kier alpha value is -3.83. The average Bonchev–Trinajstić information content (AvgIpc) is 2.82. The molecular weight excluding hydrogens is 430 g/mol. The van der Waals surface area contributed by atoms with Crippen molar-refractivity contribution in [3.05, 3.63) is 71.9 Å². The SMILES string of the molecule is CN1CCN(c2ccc(Nc3ncc(F)c(NNNC(=O)c4ccccc4)n3)cc2F)CC1. The minimum Gasteiger partial charge on any atom is -0.367 e. The lowest BCUT2D eigenvalue weighted by Gasteiger charge is -2.34. The van der Waals surface area contributed by atoms with E-state index >= 15 is 0 Å². The van der Waals surface area contributed by atoms with Gasteiger partial charge in [0.15, 0.2) is 11.6 Å². The van der Waals surface area contributed by atoms with E-state index in [0.717, 1.165) is 32.4 Å². The van der Waals surface area contributed by atoms with Crippen molar-refractivity contribution in [1.29, 1.82) is 0 Å². The van der Waals surface area contributed by atoms with E-state index in [9.17, 15) is 13.6 Å². The molecule has 1 aliphatic rings. The third-order valence-corrected chi connectivity index (χ3v) is 5.18. The molecule has 4 N–H and O–H groups in total. The molecule has 0 saturated carbocycles. The lowest BCUT2D eigenvalue weighted by molar-refractivity contribution is 0.0937. The van der Waals surface area contributed by atoms with E-state index in [1.165, 1.54) is 6.07 Å². The molecule has 2 heterocycles. The van der Waals surface area contributed by atoms with Gasteiger partial charge in [-0.25, -0.2) is 13.8 Å². The zero-order valence-electron chi connectivity index (χ0n) is 18.0. The zero-order chi connectivity index (χ0) is 23.2. The van der Waals surface area contributed by atoms with E-state index in [1.54, 1.807) is 42.5 Å². The topological polar surface area (TPSA) is 97.5 Å². The summed E-state index contributed by atoms with van der Waals surface area (Å²) < 4.78 is 28.8. The van der Waals surface area contributed by atoms with Gasteiger partial charge in [-0.3, -0.25) is 15.6 Å². The van der Waals surface area contributed by atoms with Crippen molar-refractivity contribution in [2.45, 2.75) is 0 Å². The number of carbonyl (C=O) groups is 1. The maximum Gasteiger partial charge on any atom is 0.266 e. The van der Waals surface area contributed by atoms with Gasteiger partial charge in [-0.15, -0.1) is 5.53 Å². The summed E-state index contributed by atoms with van der Waals surface area (Å²) in [7, 11) is 2.04. The number of amides is 1. The molecule has 3 aromatic rings. The van der Waals surface area contributed by atoms with Crippen molar-refractivity contribution >= 4 is 29.0 Å². The Bertz CT molecular complexity index is 1110. The number of piperazine rings is 1. The fraction of sp³-hybridized carbons (Fsp3) is 0.227. The summed E-state index contributed by atoms with van der Waals surface area (Å²) in [5.74, 6) is -1.65. The fourth-order valence-corrected chi connectivity index (χ4v) is 3.34. The molecule has 0 atom stereocenters. The number of hydrazine groups is 2. The van der Waals surface area contributed by atoms with Gasteiger partial charge in [-0.05, 0) is 37.4 Å². The molecule has 172 valence electrons. The number of hydrogen-bond donors (Lipinski definition) is 4. The van der Waals surface area contributed by atoms with Gasteiger partial charge in [-0.1, -0.05) is 18.2 Å². The van der Waals surface area contributed by atoms with Crippen molar-refractivity contribution in [3.63, 3.8) is 0 Å². The molecule has 0 unspecified atom stereocenters. The van der Waals surface area contributed by atoms with Crippen LogP contribution in [-0.4, -0.2) is 54.0 Å². The van der Waals surface area contributed by atoms with E-state index in [1.807, 2.05) is 11.9 Å². The van der Waals surface area contributed by atoms with Gasteiger partial charge < -0.3 is 15.1 Å². The number of aromatic nitrogens is 2. The summed E-state index contributed by atoms with van der Waals surface area (Å²) in [5, 5.41) is 2.86. The Kier molecular flexibility index (Phi) is 6.91. The molecule has 2 aromatic carbocycles. The van der Waals surface area contributed by atoms with Crippen LogP contribution >= 0.6 is 0 Å². The van der Waals surface area contributed by atoms with E-state index in [-0.39, 0.29) is 17.6 Å². The molecule has 4 rings (SSSR count). The molecule has 1 saturated heterocycles. The molecule has 9 nitrogen and oxygen atoms in total. The number of rotatable bonds is 7. The van der Waals surface area contributed by atoms with Crippen LogP contribution in [0.4, 0.5) is 31.9 Å². The Morgan fingerprint density at radius 1 is 1.00 bits per heavy atom. The zero-order valence-corrected chi connectivity index (χ0v) is 18.0. The highest BCUT2D eigenvalue weighted by Gasteiger charge is 2.18. The second kappa shape index (κ2) is 10.2. The molecule has 0 aliphatic carbocycles. The van der Waals surface area contributed by atoms with Gasteiger partial charge in [0, 0.05) is 37.4 Å². The van der Waals surface area contributed by atoms with Gasteiger partial charge in [0.1, 0.15) is 5.82 Å². The van der Waals surface area contributed by atoms with Crippen molar-refractivity contribution in [1.82, 2.24) is 25.8 Å². The minimum atomic E-state index is -0.737. The third kappa shape index (κ3) is 5.70. The van der Waals surface area contributed by atoms with Crippen LogP contribution in [0.2, 0.25) is 0 Å². The number of hydrogen-bond acceptors (Lipinski definition) is 8. The Morgan fingerprint density at radius 3 is 2.48 bits per heavy atom. The quantitative estimate of drug-likeness (QED) is 0.405. The molecule has 0 spiro atoms. The highest BCUT2D eigenvalue weighted by atomic mass is 19.1. The Labute approximate surface area is 189 Å². The maximum atomic E-state index is 14.7. The van der Waals surface area contributed by atoms with Crippen LogP contribution in [0.5, 0.6) is 0 Å². The van der Waals surface area contributed by atoms with E-state index < -0.39 is 11.7 Å². The molecule has 33 heavy (non-hydrogen) atoms. The van der Waals surface area contributed by atoms with Crippen molar-refractivity contribution in [2.24, 2.45) is 0 Å². The lowest BCUT2D eigenvalue weighted by atomic mass is 10.2. The highest BCUT2D eigenvalue weighted by molar-refractivity contribution is 5.93. The second-order valence-electron chi connectivity index (χ2n) is 7.54. The Morgan fingerprint density at radius 2 is 1.76 bits per heavy atom. The Balaban J connectivity index is 1.37. The van der Waals surface area contributed by atoms with E-state index in [2.05, 4.69) is 36.6 Å². The van der Waals surface area contributed by atoms with Crippen LogP contribution in [0.15, 0.2) is 54.7 Å². The summed E-state index contributed by atoms with van der Waals surface area (Å²) in [5.41, 5.74) is 8.66. The number of anilines is 4. The highest BCUT2D eigenvalue weighted by Crippen LogP contribution is 2.25. The molecule has 1 aromatic heterocycles. The van der Waals surface area contributed by atoms with E-state index in [4.69, 9.17) is 0 Å². The average molecular weight is 454 g/mol. The molecule has 1 aliphatic heterocycles. The molecular formula is C22H24F2N8O. The van der Waals surface area contributed by atoms with Crippen molar-refractivity contribution in [3.8, 4) is 0 Å². The summed E-state index contributed by atoms with van der Waals surface area (Å²) in [6, 6.07) is 13.3. The summed E-state index contributed by atoms with van der Waals surface area (Å²) in [4.78, 5) is 24.1.